The van der Waals surface area contributed by atoms with Gasteiger partial charge in [0.2, 0.25) is 0 Å². The van der Waals surface area contributed by atoms with Crippen molar-refractivity contribution in [1.82, 2.24) is 9.78 Å². The molecule has 16 heavy (non-hydrogen) atoms. The highest BCUT2D eigenvalue weighted by Crippen LogP contribution is 2.21. The summed E-state index contributed by atoms with van der Waals surface area (Å²) in [6.45, 7) is 2.91. The van der Waals surface area contributed by atoms with Crippen LogP contribution in [-0.4, -0.2) is 9.78 Å². The number of halogens is 1. The lowest BCUT2D eigenvalue weighted by Crippen LogP contribution is -1.98. The van der Waals surface area contributed by atoms with Gasteiger partial charge in [-0.25, -0.2) is 0 Å². The molecule has 0 aliphatic rings. The van der Waals surface area contributed by atoms with Gasteiger partial charge in [0.25, 0.3) is 0 Å². The largest absolute Gasteiger partial charge is 0.377 e. The van der Waals surface area contributed by atoms with Crippen molar-refractivity contribution >= 4 is 28.6 Å². The predicted molar refractivity (Wildman–Crippen MR) is 69.2 cm³/mol. The molecule has 2 heterocycles. The fourth-order valence-electron chi connectivity index (χ4n) is 1.57. The van der Waals surface area contributed by atoms with Crippen molar-refractivity contribution in [3.8, 4) is 0 Å². The zero-order chi connectivity index (χ0) is 11.5. The van der Waals surface area contributed by atoms with E-state index in [2.05, 4.69) is 17.3 Å². The Morgan fingerprint density at radius 1 is 1.56 bits per heavy atom. The molecule has 0 amide bonds. The molecule has 3 nitrogen and oxygen atoms in total. The molecule has 0 unspecified atom stereocenters. The molecule has 0 aliphatic heterocycles. The molecular formula is C11H14ClN3S. The molecule has 86 valence electrons. The fraction of sp³-hybridized carbons (Fsp3) is 0.364. The Bertz CT molecular complexity index is 475. The summed E-state index contributed by atoms with van der Waals surface area (Å²) in [6, 6.07) is 1.99. The number of thiophene rings is 1. The molecule has 0 aliphatic carbocycles. The highest BCUT2D eigenvalue weighted by Gasteiger charge is 2.05. The van der Waals surface area contributed by atoms with E-state index in [1.54, 1.807) is 11.3 Å². The van der Waals surface area contributed by atoms with Crippen molar-refractivity contribution in [1.29, 1.82) is 0 Å². The zero-order valence-electron chi connectivity index (χ0n) is 9.33. The number of aromatic nitrogens is 2. The first kappa shape index (κ1) is 11.5. The average Bonchev–Trinajstić information content (AvgIpc) is 2.81. The highest BCUT2D eigenvalue weighted by atomic mass is 35.5. The van der Waals surface area contributed by atoms with E-state index in [1.165, 1.54) is 4.88 Å². The van der Waals surface area contributed by atoms with Gasteiger partial charge in [-0.15, -0.1) is 11.3 Å². The molecule has 2 rings (SSSR count). The van der Waals surface area contributed by atoms with Crippen molar-refractivity contribution in [2.75, 3.05) is 5.32 Å². The van der Waals surface area contributed by atoms with Gasteiger partial charge in [0.15, 0.2) is 0 Å². The molecule has 5 heteroatoms. The van der Waals surface area contributed by atoms with E-state index in [0.717, 1.165) is 29.4 Å². The maximum absolute atomic E-state index is 5.87. The van der Waals surface area contributed by atoms with E-state index in [-0.39, 0.29) is 0 Å². The van der Waals surface area contributed by atoms with Gasteiger partial charge >= 0.3 is 0 Å². The summed E-state index contributed by atoms with van der Waals surface area (Å²) in [6.07, 6.45) is 2.95. The number of hydrogen-bond acceptors (Lipinski definition) is 3. The third kappa shape index (κ3) is 2.57. The van der Waals surface area contributed by atoms with Gasteiger partial charge in [0.05, 0.1) is 16.4 Å². The van der Waals surface area contributed by atoms with E-state index in [0.29, 0.717) is 0 Å². The van der Waals surface area contributed by atoms with Crippen LogP contribution in [0.25, 0.3) is 0 Å². The summed E-state index contributed by atoms with van der Waals surface area (Å²) in [5, 5.41) is 10.5. The monoisotopic (exact) mass is 255 g/mol. The molecule has 2 aromatic heterocycles. The van der Waals surface area contributed by atoms with Gasteiger partial charge in [-0.3, -0.25) is 4.68 Å². The minimum atomic E-state index is 0.802. The lowest BCUT2D eigenvalue weighted by atomic mass is 10.3. The van der Waals surface area contributed by atoms with Crippen molar-refractivity contribution in [2.24, 2.45) is 7.05 Å². The smallest absolute Gasteiger partial charge is 0.0853 e. The number of hydrogen-bond donors (Lipinski definition) is 1. The van der Waals surface area contributed by atoms with Crippen LogP contribution in [-0.2, 0) is 20.0 Å². The number of nitrogens with zero attached hydrogens (tertiary/aromatic N) is 2. The van der Waals surface area contributed by atoms with Crippen LogP contribution in [0.5, 0.6) is 0 Å². The SMILES string of the molecule is CCc1nn(C)cc1NCc1cc(Cl)cs1. The van der Waals surface area contributed by atoms with Crippen LogP contribution < -0.4 is 5.32 Å². The Hall–Kier alpha value is -1.000. The van der Waals surface area contributed by atoms with Crippen molar-refractivity contribution in [3.63, 3.8) is 0 Å². The molecule has 2 aromatic rings. The lowest BCUT2D eigenvalue weighted by Gasteiger charge is -2.02. The van der Waals surface area contributed by atoms with Crippen LogP contribution in [0.1, 0.15) is 17.5 Å². The molecule has 0 aromatic carbocycles. The van der Waals surface area contributed by atoms with Crippen LogP contribution >= 0.6 is 22.9 Å². The lowest BCUT2D eigenvalue weighted by molar-refractivity contribution is 0.746. The first-order chi connectivity index (χ1) is 7.69. The second-order valence-electron chi connectivity index (χ2n) is 3.60. The highest BCUT2D eigenvalue weighted by molar-refractivity contribution is 7.10. The van der Waals surface area contributed by atoms with Gasteiger partial charge < -0.3 is 5.32 Å². The van der Waals surface area contributed by atoms with Gasteiger partial charge in [-0.05, 0) is 12.5 Å². The summed E-state index contributed by atoms with van der Waals surface area (Å²) >= 11 is 7.54. The van der Waals surface area contributed by atoms with Crippen molar-refractivity contribution in [2.45, 2.75) is 19.9 Å². The first-order valence-electron chi connectivity index (χ1n) is 5.18. The molecule has 0 bridgehead atoms. The Labute approximate surface area is 104 Å². The number of nitrogens with one attached hydrogen (secondary N) is 1. The first-order valence-corrected chi connectivity index (χ1v) is 6.44. The second-order valence-corrected chi connectivity index (χ2v) is 5.03. The minimum Gasteiger partial charge on any atom is -0.377 e. The Morgan fingerprint density at radius 2 is 2.38 bits per heavy atom. The maximum Gasteiger partial charge on any atom is 0.0853 e. The van der Waals surface area contributed by atoms with Crippen molar-refractivity contribution < 1.29 is 0 Å². The standard InChI is InChI=1S/C11H14ClN3S/c1-3-10-11(6-15(2)14-10)13-5-9-4-8(12)7-16-9/h4,6-7,13H,3,5H2,1-2H3. The van der Waals surface area contributed by atoms with Gasteiger partial charge in [0, 0.05) is 30.0 Å². The van der Waals surface area contributed by atoms with Gasteiger partial charge in [-0.2, -0.15) is 5.10 Å². The van der Waals surface area contributed by atoms with E-state index >= 15 is 0 Å². The zero-order valence-corrected chi connectivity index (χ0v) is 10.9. The van der Waals surface area contributed by atoms with E-state index in [4.69, 9.17) is 11.6 Å². The van der Waals surface area contributed by atoms with E-state index in [9.17, 15) is 0 Å². The number of anilines is 1. The summed E-state index contributed by atoms with van der Waals surface area (Å²) in [5.74, 6) is 0. The number of aryl methyl sites for hydroxylation is 2. The molecule has 0 saturated heterocycles. The van der Waals surface area contributed by atoms with Crippen LogP contribution in [0.15, 0.2) is 17.6 Å². The fourth-order valence-corrected chi connectivity index (χ4v) is 2.58. The molecular weight excluding hydrogens is 242 g/mol. The van der Waals surface area contributed by atoms with Gasteiger partial charge in [0.1, 0.15) is 0 Å². The van der Waals surface area contributed by atoms with E-state index < -0.39 is 0 Å². The minimum absolute atomic E-state index is 0.802. The molecule has 0 saturated carbocycles. The Morgan fingerprint density at radius 3 is 3.00 bits per heavy atom. The third-order valence-corrected chi connectivity index (χ3v) is 3.60. The average molecular weight is 256 g/mol. The summed E-state index contributed by atoms with van der Waals surface area (Å²) in [5.41, 5.74) is 2.21. The topological polar surface area (TPSA) is 29.9 Å². The Balaban J connectivity index is 2.04. The summed E-state index contributed by atoms with van der Waals surface area (Å²) in [4.78, 5) is 1.23. The molecule has 1 N–H and O–H groups in total. The van der Waals surface area contributed by atoms with Crippen molar-refractivity contribution in [3.05, 3.63) is 33.2 Å². The molecule has 0 spiro atoms. The predicted octanol–water partition coefficient (Wildman–Crippen LogP) is 3.31. The van der Waals surface area contributed by atoms with Crippen LogP contribution in [0.3, 0.4) is 0 Å². The second kappa shape index (κ2) is 4.89. The molecule has 0 atom stereocenters. The molecule has 0 fully saturated rings. The summed E-state index contributed by atoms with van der Waals surface area (Å²) in [7, 11) is 1.94. The van der Waals surface area contributed by atoms with Gasteiger partial charge in [-0.1, -0.05) is 18.5 Å². The van der Waals surface area contributed by atoms with Crippen LogP contribution in [0.2, 0.25) is 5.02 Å². The maximum atomic E-state index is 5.87. The number of rotatable bonds is 4. The quantitative estimate of drug-likeness (QED) is 0.909. The third-order valence-electron chi connectivity index (χ3n) is 2.32. The Kier molecular flexibility index (Phi) is 3.51. The van der Waals surface area contributed by atoms with Crippen LogP contribution in [0, 0.1) is 0 Å². The van der Waals surface area contributed by atoms with Crippen LogP contribution in [0.4, 0.5) is 5.69 Å². The summed E-state index contributed by atoms with van der Waals surface area (Å²) < 4.78 is 1.84. The van der Waals surface area contributed by atoms with E-state index in [1.807, 2.05) is 29.4 Å². The normalized spacial score (nSPS) is 10.7. The molecule has 0 radical (unpaired) electrons.